The van der Waals surface area contributed by atoms with Crippen molar-refractivity contribution in [2.45, 2.75) is 11.4 Å². The molecule has 3 aromatic rings. The number of thiazole rings is 1. The maximum atomic E-state index is 4.44. The smallest absolute Gasteiger partial charge is 0.195 e. The molecule has 112 valence electrons. The van der Waals surface area contributed by atoms with Gasteiger partial charge >= 0.3 is 0 Å². The van der Waals surface area contributed by atoms with Gasteiger partial charge in [-0.3, -0.25) is 4.31 Å². The van der Waals surface area contributed by atoms with Crippen LogP contribution in [0, 0.1) is 0 Å². The average Bonchev–Trinajstić information content (AvgIpc) is 3.21. The van der Waals surface area contributed by atoms with Gasteiger partial charge in [0, 0.05) is 30.9 Å². The van der Waals surface area contributed by atoms with E-state index in [2.05, 4.69) is 48.4 Å². The van der Waals surface area contributed by atoms with Crippen LogP contribution in [-0.2, 0) is 6.54 Å². The fourth-order valence-electron chi connectivity index (χ4n) is 2.50. The standard InChI is InChI=1S/C15H15N5S2/c1-2-4-14-13(3-1)19(10-12-9-16-11-18-12)6-7-20(22-14)15-17-5-8-21-15/h1-5,8-9,11H,6-7,10H2,(H,16,18). The van der Waals surface area contributed by atoms with Crippen LogP contribution >= 0.6 is 23.3 Å². The third-order valence-corrected chi connectivity index (χ3v) is 5.56. The van der Waals surface area contributed by atoms with E-state index in [1.165, 1.54) is 10.6 Å². The molecule has 0 atom stereocenters. The fraction of sp³-hybridized carbons (Fsp3) is 0.200. The van der Waals surface area contributed by atoms with E-state index in [9.17, 15) is 0 Å². The minimum atomic E-state index is 0.812. The number of hydrogen-bond donors (Lipinski definition) is 1. The number of benzene rings is 1. The summed E-state index contributed by atoms with van der Waals surface area (Å²) in [5.41, 5.74) is 2.32. The summed E-state index contributed by atoms with van der Waals surface area (Å²) in [6, 6.07) is 8.53. The van der Waals surface area contributed by atoms with Gasteiger partial charge in [-0.25, -0.2) is 9.97 Å². The van der Waals surface area contributed by atoms with Crippen molar-refractivity contribution < 1.29 is 0 Å². The molecule has 0 unspecified atom stereocenters. The highest BCUT2D eigenvalue weighted by Crippen LogP contribution is 2.38. The minimum Gasteiger partial charge on any atom is -0.363 e. The lowest BCUT2D eigenvalue weighted by atomic mass is 10.2. The minimum absolute atomic E-state index is 0.812. The number of aromatic nitrogens is 3. The molecule has 2 aromatic heterocycles. The summed E-state index contributed by atoms with van der Waals surface area (Å²) in [5, 5.41) is 3.08. The third-order valence-electron chi connectivity index (χ3n) is 3.53. The lowest BCUT2D eigenvalue weighted by Gasteiger charge is -2.23. The summed E-state index contributed by atoms with van der Waals surface area (Å²) in [6.07, 6.45) is 5.55. The molecule has 5 nitrogen and oxygen atoms in total. The first kappa shape index (κ1) is 13.7. The van der Waals surface area contributed by atoms with Gasteiger partial charge in [-0.2, -0.15) is 0 Å². The Morgan fingerprint density at radius 1 is 1.18 bits per heavy atom. The van der Waals surface area contributed by atoms with Crippen molar-refractivity contribution in [1.82, 2.24) is 15.0 Å². The molecule has 7 heteroatoms. The zero-order valence-electron chi connectivity index (χ0n) is 11.8. The quantitative estimate of drug-likeness (QED) is 0.746. The highest BCUT2D eigenvalue weighted by atomic mass is 32.2. The molecule has 0 aliphatic carbocycles. The second-order valence-corrected chi connectivity index (χ2v) is 6.89. The number of aromatic amines is 1. The van der Waals surface area contributed by atoms with Crippen LogP contribution in [0.1, 0.15) is 5.69 Å². The molecule has 0 radical (unpaired) electrons. The monoisotopic (exact) mass is 329 g/mol. The number of fused-ring (bicyclic) bond motifs is 1. The van der Waals surface area contributed by atoms with Crippen molar-refractivity contribution in [3.8, 4) is 0 Å². The number of hydrogen-bond acceptors (Lipinski definition) is 6. The maximum Gasteiger partial charge on any atom is 0.195 e. The highest BCUT2D eigenvalue weighted by molar-refractivity contribution is 8.01. The van der Waals surface area contributed by atoms with Crippen LogP contribution in [0.2, 0.25) is 0 Å². The predicted molar refractivity (Wildman–Crippen MR) is 91.4 cm³/mol. The molecule has 1 N–H and O–H groups in total. The zero-order chi connectivity index (χ0) is 14.8. The number of anilines is 2. The Morgan fingerprint density at radius 3 is 2.95 bits per heavy atom. The molecule has 0 spiro atoms. The van der Waals surface area contributed by atoms with Crippen LogP contribution in [0.15, 0.2) is 53.3 Å². The molecule has 3 heterocycles. The Morgan fingerprint density at radius 2 is 2.14 bits per heavy atom. The molecular weight excluding hydrogens is 314 g/mol. The van der Waals surface area contributed by atoms with E-state index in [1.54, 1.807) is 29.6 Å². The molecular formula is C15H15N5S2. The summed E-state index contributed by atoms with van der Waals surface area (Å²) in [6.45, 7) is 2.68. The van der Waals surface area contributed by atoms with Crippen molar-refractivity contribution in [1.29, 1.82) is 0 Å². The first-order valence-electron chi connectivity index (χ1n) is 7.07. The topological polar surface area (TPSA) is 48.1 Å². The lowest BCUT2D eigenvalue weighted by molar-refractivity contribution is 0.779. The Bertz CT molecular complexity index is 726. The predicted octanol–water partition coefficient (Wildman–Crippen LogP) is 3.40. The van der Waals surface area contributed by atoms with Crippen molar-refractivity contribution >= 4 is 34.1 Å². The van der Waals surface area contributed by atoms with Gasteiger partial charge in [0.25, 0.3) is 0 Å². The van der Waals surface area contributed by atoms with E-state index < -0.39 is 0 Å². The van der Waals surface area contributed by atoms with E-state index >= 15 is 0 Å². The Labute approximate surface area is 137 Å². The number of nitrogens with zero attached hydrogens (tertiary/aromatic N) is 4. The van der Waals surface area contributed by atoms with Gasteiger partial charge in [0.15, 0.2) is 5.13 Å². The third kappa shape index (κ3) is 2.69. The SMILES string of the molecule is c1ccc2c(c1)SN(c1nccs1)CCN2Cc1c[nH]cn1. The Balaban J connectivity index is 1.65. The first-order chi connectivity index (χ1) is 10.9. The van der Waals surface area contributed by atoms with E-state index in [1.807, 2.05) is 17.8 Å². The molecule has 0 saturated heterocycles. The van der Waals surface area contributed by atoms with E-state index in [0.29, 0.717) is 0 Å². The second kappa shape index (κ2) is 6.02. The van der Waals surface area contributed by atoms with Crippen LogP contribution in [0.3, 0.4) is 0 Å². The Hall–Kier alpha value is -1.99. The van der Waals surface area contributed by atoms with Crippen molar-refractivity contribution in [2.24, 2.45) is 0 Å². The zero-order valence-corrected chi connectivity index (χ0v) is 13.5. The van der Waals surface area contributed by atoms with Gasteiger partial charge < -0.3 is 9.88 Å². The lowest BCUT2D eigenvalue weighted by Crippen LogP contribution is -2.29. The second-order valence-electron chi connectivity index (χ2n) is 4.96. The molecule has 0 fully saturated rings. The summed E-state index contributed by atoms with van der Waals surface area (Å²) < 4.78 is 2.27. The van der Waals surface area contributed by atoms with Gasteiger partial charge in [0.2, 0.25) is 0 Å². The number of imidazole rings is 1. The normalized spacial score (nSPS) is 14.7. The molecule has 4 rings (SSSR count). The summed E-state index contributed by atoms with van der Waals surface area (Å²) in [7, 11) is 0. The highest BCUT2D eigenvalue weighted by Gasteiger charge is 2.22. The number of nitrogens with one attached hydrogen (secondary N) is 1. The molecule has 0 bridgehead atoms. The summed E-state index contributed by atoms with van der Waals surface area (Å²) in [4.78, 5) is 15.5. The van der Waals surface area contributed by atoms with Crippen molar-refractivity contribution in [2.75, 3.05) is 22.3 Å². The molecule has 1 aromatic carbocycles. The number of rotatable bonds is 3. The van der Waals surface area contributed by atoms with Crippen LogP contribution in [0.5, 0.6) is 0 Å². The van der Waals surface area contributed by atoms with Crippen molar-refractivity contribution in [3.05, 3.63) is 54.1 Å². The van der Waals surface area contributed by atoms with Crippen LogP contribution in [0.25, 0.3) is 0 Å². The summed E-state index contributed by atoms with van der Waals surface area (Å²) in [5.74, 6) is 0. The molecule has 1 aliphatic heterocycles. The van der Waals surface area contributed by atoms with Crippen LogP contribution < -0.4 is 9.21 Å². The van der Waals surface area contributed by atoms with Gasteiger partial charge in [-0.05, 0) is 24.1 Å². The van der Waals surface area contributed by atoms with E-state index in [0.717, 1.165) is 30.5 Å². The number of H-pyrrole nitrogens is 1. The number of para-hydroxylation sites is 1. The molecule has 1 aliphatic rings. The Kier molecular flexibility index (Phi) is 3.74. The van der Waals surface area contributed by atoms with Crippen LogP contribution in [0.4, 0.5) is 10.8 Å². The largest absolute Gasteiger partial charge is 0.363 e. The molecule has 22 heavy (non-hydrogen) atoms. The molecule has 0 amide bonds. The van der Waals surface area contributed by atoms with E-state index in [4.69, 9.17) is 0 Å². The van der Waals surface area contributed by atoms with E-state index in [-0.39, 0.29) is 0 Å². The maximum absolute atomic E-state index is 4.44. The summed E-state index contributed by atoms with van der Waals surface area (Å²) >= 11 is 3.44. The molecule has 0 saturated carbocycles. The van der Waals surface area contributed by atoms with Gasteiger partial charge in [-0.1, -0.05) is 12.1 Å². The average molecular weight is 329 g/mol. The van der Waals surface area contributed by atoms with Gasteiger partial charge in [-0.15, -0.1) is 11.3 Å². The van der Waals surface area contributed by atoms with Crippen molar-refractivity contribution in [3.63, 3.8) is 0 Å². The van der Waals surface area contributed by atoms with Crippen LogP contribution in [-0.4, -0.2) is 28.0 Å². The van der Waals surface area contributed by atoms with Gasteiger partial charge in [0.1, 0.15) is 0 Å². The van der Waals surface area contributed by atoms with Gasteiger partial charge in [0.05, 0.1) is 29.1 Å². The fourth-order valence-corrected chi connectivity index (χ4v) is 4.28. The first-order valence-corrected chi connectivity index (χ1v) is 8.72.